The van der Waals surface area contributed by atoms with Gasteiger partial charge in [-0.1, -0.05) is 6.92 Å². The fourth-order valence-corrected chi connectivity index (χ4v) is 5.65. The minimum Gasteiger partial charge on any atom is -0.488 e. The maximum atomic E-state index is 13.6. The zero-order valence-corrected chi connectivity index (χ0v) is 26.2. The van der Waals surface area contributed by atoms with Crippen molar-refractivity contribution in [3.63, 3.8) is 0 Å². The molecule has 12 heteroatoms. The number of rotatable bonds is 9. The molecular formula is C33H43N7O5. The molecule has 2 aliphatic heterocycles. The molecule has 0 radical (unpaired) electrons. The first-order valence-electron chi connectivity index (χ1n) is 15.4. The number of aliphatic hydroxyl groups excluding tert-OH is 1. The van der Waals surface area contributed by atoms with Crippen molar-refractivity contribution in [2.45, 2.75) is 39.0 Å². The van der Waals surface area contributed by atoms with E-state index in [2.05, 4.69) is 37.3 Å². The molecule has 2 aliphatic rings. The van der Waals surface area contributed by atoms with Gasteiger partial charge >= 0.3 is 6.03 Å². The molecular weight excluding hydrogens is 574 g/mol. The molecule has 3 aromatic rings. The lowest BCUT2D eigenvalue weighted by molar-refractivity contribution is -0.134. The van der Waals surface area contributed by atoms with Crippen LogP contribution in [0.3, 0.4) is 0 Å². The normalized spacial score (nSPS) is 19.5. The number of likely N-dealkylation sites (N-methyl/N-ethyl adjacent to an activating group) is 1. The van der Waals surface area contributed by atoms with Gasteiger partial charge in [-0.05, 0) is 55.9 Å². The summed E-state index contributed by atoms with van der Waals surface area (Å²) in [5.74, 6) is 1.26. The second-order valence-corrected chi connectivity index (χ2v) is 11.8. The topological polar surface area (TPSA) is 132 Å². The van der Waals surface area contributed by atoms with Crippen molar-refractivity contribution in [3.05, 3.63) is 72.2 Å². The molecule has 3 atom stereocenters. The molecule has 5 rings (SSSR count). The molecule has 0 spiro atoms. The highest BCUT2D eigenvalue weighted by Gasteiger charge is 2.31. The predicted octanol–water partition coefficient (Wildman–Crippen LogP) is 3.24. The quantitative estimate of drug-likeness (QED) is 0.331. The third kappa shape index (κ3) is 8.68. The van der Waals surface area contributed by atoms with Crippen LogP contribution in [-0.4, -0.2) is 102 Å². The lowest BCUT2D eigenvalue weighted by atomic mass is 10.0. The van der Waals surface area contributed by atoms with E-state index in [9.17, 15) is 14.7 Å². The second kappa shape index (κ2) is 15.2. The summed E-state index contributed by atoms with van der Waals surface area (Å²) in [5, 5.41) is 15.7. The Morgan fingerprint density at radius 1 is 1.09 bits per heavy atom. The number of anilines is 3. The highest BCUT2D eigenvalue weighted by atomic mass is 16.5. The number of aliphatic hydroxyl groups is 1. The number of carbonyl (C=O) groups is 2. The van der Waals surface area contributed by atoms with Crippen molar-refractivity contribution >= 4 is 29.1 Å². The predicted molar refractivity (Wildman–Crippen MR) is 172 cm³/mol. The summed E-state index contributed by atoms with van der Waals surface area (Å²) >= 11 is 0. The van der Waals surface area contributed by atoms with Gasteiger partial charge in [-0.25, -0.2) is 9.78 Å². The van der Waals surface area contributed by atoms with E-state index in [0.29, 0.717) is 49.0 Å². The first-order chi connectivity index (χ1) is 21.8. The number of urea groups is 1. The van der Waals surface area contributed by atoms with Gasteiger partial charge in [0.05, 0.1) is 32.3 Å². The fourth-order valence-electron chi connectivity index (χ4n) is 5.65. The number of pyridine rings is 2. The maximum Gasteiger partial charge on any atom is 0.323 e. The number of nitrogens with one attached hydrogen (secondary N) is 2. The van der Waals surface area contributed by atoms with Gasteiger partial charge in [0.25, 0.3) is 0 Å². The summed E-state index contributed by atoms with van der Waals surface area (Å²) in [6.07, 6.45) is 5.08. The average molecular weight is 618 g/mol. The zero-order chi connectivity index (χ0) is 31.8. The van der Waals surface area contributed by atoms with Crippen molar-refractivity contribution in [2.75, 3.05) is 68.6 Å². The van der Waals surface area contributed by atoms with Crippen LogP contribution in [0.1, 0.15) is 25.0 Å². The number of amides is 3. The molecule has 3 amide bonds. The first-order valence-corrected chi connectivity index (χ1v) is 15.4. The minimum absolute atomic E-state index is 0.0138. The van der Waals surface area contributed by atoms with E-state index >= 15 is 0 Å². The molecule has 3 N–H and O–H groups in total. The summed E-state index contributed by atoms with van der Waals surface area (Å²) in [7, 11) is 2.04. The first kappa shape index (κ1) is 32.1. The molecule has 4 heterocycles. The molecule has 2 aromatic heterocycles. The van der Waals surface area contributed by atoms with E-state index in [0.717, 1.165) is 31.0 Å². The Kier molecular flexibility index (Phi) is 10.8. The van der Waals surface area contributed by atoms with E-state index < -0.39 is 6.03 Å². The average Bonchev–Trinajstić information content (AvgIpc) is 3.09. The van der Waals surface area contributed by atoms with Crippen molar-refractivity contribution in [2.24, 2.45) is 5.92 Å². The standard InChI is InChI=1S/C33H43N7O5/c1-23-19-40(24(2)22-41)32(42)17-26-16-27(4-5-29(26)45-30(23)21-38(3)20-25-6-9-34-10-7-25)36-33(43)37-28-8-11-35-31(18-28)39-12-14-44-15-13-39/h4-11,16,18,23-24,30,41H,12-15,17,19-22H2,1-3H3,(H2,35,36,37,43)/t23-,24?,30+/m1/s1. The smallest absolute Gasteiger partial charge is 0.323 e. The van der Waals surface area contributed by atoms with Crippen LogP contribution in [-0.2, 0) is 22.5 Å². The number of fused-ring (bicyclic) bond motifs is 1. The number of ether oxygens (including phenoxy) is 2. The summed E-state index contributed by atoms with van der Waals surface area (Å²) in [6, 6.07) is 12.2. The van der Waals surface area contributed by atoms with Crippen LogP contribution < -0.4 is 20.3 Å². The maximum absolute atomic E-state index is 13.6. The van der Waals surface area contributed by atoms with Crippen LogP contribution in [0.25, 0.3) is 0 Å². The van der Waals surface area contributed by atoms with Crippen LogP contribution in [0.5, 0.6) is 5.75 Å². The molecule has 0 aliphatic carbocycles. The number of hydrogen-bond donors (Lipinski definition) is 3. The van der Waals surface area contributed by atoms with Gasteiger partial charge in [-0.15, -0.1) is 0 Å². The zero-order valence-electron chi connectivity index (χ0n) is 26.2. The van der Waals surface area contributed by atoms with Gasteiger partial charge in [0.1, 0.15) is 17.7 Å². The van der Waals surface area contributed by atoms with Gasteiger partial charge in [0.15, 0.2) is 0 Å². The monoisotopic (exact) mass is 617 g/mol. The Balaban J connectivity index is 1.32. The third-order valence-corrected chi connectivity index (χ3v) is 8.21. The van der Waals surface area contributed by atoms with E-state index in [1.807, 2.05) is 38.2 Å². The van der Waals surface area contributed by atoms with Crippen molar-refractivity contribution in [1.29, 1.82) is 0 Å². The Bertz CT molecular complexity index is 1440. The SMILES string of the molecule is CC(CO)N1C[C@@H](C)[C@H](CN(C)Cc2ccncc2)Oc2ccc(NC(=O)Nc3ccnc(N4CCOCC4)c3)cc2CC1=O. The molecule has 1 unspecified atom stereocenters. The summed E-state index contributed by atoms with van der Waals surface area (Å²) in [5.41, 5.74) is 2.96. The van der Waals surface area contributed by atoms with E-state index in [1.165, 1.54) is 0 Å². The number of morpholine rings is 1. The molecule has 1 fully saturated rings. The summed E-state index contributed by atoms with van der Waals surface area (Å²) in [4.78, 5) is 41.2. The highest BCUT2D eigenvalue weighted by Crippen LogP contribution is 2.29. The van der Waals surface area contributed by atoms with Crippen LogP contribution >= 0.6 is 0 Å². The number of carbonyl (C=O) groups excluding carboxylic acids is 2. The molecule has 0 bridgehead atoms. The Morgan fingerprint density at radius 2 is 1.82 bits per heavy atom. The third-order valence-electron chi connectivity index (χ3n) is 8.21. The fraction of sp³-hybridized carbons (Fsp3) is 0.455. The van der Waals surface area contributed by atoms with Crippen molar-refractivity contribution in [3.8, 4) is 5.75 Å². The van der Waals surface area contributed by atoms with Gasteiger partial charge in [-0.2, -0.15) is 0 Å². The number of hydrogen-bond acceptors (Lipinski definition) is 9. The lowest BCUT2D eigenvalue weighted by Crippen LogP contribution is -2.47. The Labute approximate surface area is 264 Å². The van der Waals surface area contributed by atoms with E-state index in [-0.39, 0.29) is 37.0 Å². The van der Waals surface area contributed by atoms with E-state index in [1.54, 1.807) is 41.7 Å². The number of benzene rings is 1. The van der Waals surface area contributed by atoms with Crippen LogP contribution in [0.15, 0.2) is 61.1 Å². The van der Waals surface area contributed by atoms with Gasteiger partial charge in [0, 0.05) is 80.2 Å². The van der Waals surface area contributed by atoms with Crippen LogP contribution in [0, 0.1) is 5.92 Å². The van der Waals surface area contributed by atoms with Crippen molar-refractivity contribution in [1.82, 2.24) is 19.8 Å². The summed E-state index contributed by atoms with van der Waals surface area (Å²) < 4.78 is 12.1. The molecule has 0 saturated carbocycles. The highest BCUT2D eigenvalue weighted by molar-refractivity contribution is 6.00. The largest absolute Gasteiger partial charge is 0.488 e. The molecule has 45 heavy (non-hydrogen) atoms. The molecule has 1 aromatic carbocycles. The minimum atomic E-state index is -0.413. The molecule has 1 saturated heterocycles. The Hall–Kier alpha value is -4.26. The van der Waals surface area contributed by atoms with Gasteiger partial charge in [-0.3, -0.25) is 14.7 Å². The van der Waals surface area contributed by atoms with Gasteiger partial charge < -0.3 is 35.0 Å². The summed E-state index contributed by atoms with van der Waals surface area (Å²) in [6.45, 7) is 8.36. The van der Waals surface area contributed by atoms with Crippen molar-refractivity contribution < 1.29 is 24.2 Å². The lowest BCUT2D eigenvalue weighted by Gasteiger charge is -2.34. The molecule has 12 nitrogen and oxygen atoms in total. The number of nitrogens with zero attached hydrogens (tertiary/aromatic N) is 5. The van der Waals surface area contributed by atoms with Crippen LogP contribution in [0.2, 0.25) is 0 Å². The Morgan fingerprint density at radius 3 is 2.56 bits per heavy atom. The van der Waals surface area contributed by atoms with Crippen LogP contribution in [0.4, 0.5) is 22.0 Å². The van der Waals surface area contributed by atoms with Gasteiger partial charge in [0.2, 0.25) is 5.91 Å². The molecule has 240 valence electrons. The number of aromatic nitrogens is 2. The van der Waals surface area contributed by atoms with E-state index in [4.69, 9.17) is 9.47 Å². The second-order valence-electron chi connectivity index (χ2n) is 11.8.